The molecule has 0 saturated carbocycles. The second-order valence-electron chi connectivity index (χ2n) is 2.78. The van der Waals surface area contributed by atoms with E-state index in [4.69, 9.17) is 10.8 Å². The summed E-state index contributed by atoms with van der Waals surface area (Å²) in [5.74, 6) is -2.63. The van der Waals surface area contributed by atoms with Crippen LogP contribution in [0.25, 0.3) is 0 Å². The van der Waals surface area contributed by atoms with Crippen molar-refractivity contribution in [2.75, 3.05) is 7.11 Å². The highest BCUT2D eigenvalue weighted by Crippen LogP contribution is 1.94. The van der Waals surface area contributed by atoms with E-state index in [0.717, 1.165) is 7.11 Å². The molecule has 0 spiro atoms. The Morgan fingerprint density at radius 2 is 1.94 bits per heavy atom. The van der Waals surface area contributed by atoms with E-state index in [2.05, 4.69) is 4.74 Å². The van der Waals surface area contributed by atoms with Crippen LogP contribution in [-0.2, 0) is 24.5 Å². The number of primary amides is 1. The molecule has 0 fully saturated rings. The van der Waals surface area contributed by atoms with Gasteiger partial charge in [-0.1, -0.05) is 0 Å². The third kappa shape index (κ3) is 6.32. The third-order valence-corrected chi connectivity index (χ3v) is 2.43. The summed E-state index contributed by atoms with van der Waals surface area (Å²) in [4.78, 5) is 31.7. The number of rotatable bonds is 6. The zero-order valence-electron chi connectivity index (χ0n) is 8.67. The lowest BCUT2D eigenvalue weighted by Crippen LogP contribution is -2.49. The van der Waals surface area contributed by atoms with E-state index < -0.39 is 40.6 Å². The SMILES string of the molecule is COC(=O)NS(=O)(=O)N[C@@H](CC(N)=O)C(=O)O. The van der Waals surface area contributed by atoms with Gasteiger partial charge in [0.15, 0.2) is 0 Å². The van der Waals surface area contributed by atoms with Crippen LogP contribution >= 0.6 is 0 Å². The number of hydrogen-bond acceptors (Lipinski definition) is 6. The maximum Gasteiger partial charge on any atom is 0.421 e. The van der Waals surface area contributed by atoms with Crippen LogP contribution in [0.3, 0.4) is 0 Å². The molecular formula is C6H11N3O7S. The molecular weight excluding hydrogens is 258 g/mol. The van der Waals surface area contributed by atoms with Gasteiger partial charge in [0, 0.05) is 0 Å². The molecule has 2 amide bonds. The lowest BCUT2D eigenvalue weighted by molar-refractivity contribution is -0.140. The standard InChI is InChI=1S/C6H11N3O7S/c1-16-6(13)9-17(14,15)8-3(5(11)12)2-4(7)10/h3,8H,2H2,1H3,(H2,7,10)(H,9,13)(H,11,12)/t3-/m0/s1. The Morgan fingerprint density at radius 3 is 2.29 bits per heavy atom. The van der Waals surface area contributed by atoms with Gasteiger partial charge >= 0.3 is 22.3 Å². The van der Waals surface area contributed by atoms with Gasteiger partial charge in [0.25, 0.3) is 0 Å². The number of carbonyl (C=O) groups excluding carboxylic acids is 2. The molecule has 0 aromatic carbocycles. The van der Waals surface area contributed by atoms with Crippen LogP contribution in [0.1, 0.15) is 6.42 Å². The van der Waals surface area contributed by atoms with Crippen molar-refractivity contribution in [1.82, 2.24) is 9.44 Å². The lowest BCUT2D eigenvalue weighted by Gasteiger charge is -2.12. The fraction of sp³-hybridized carbons (Fsp3) is 0.500. The molecule has 1 atom stereocenters. The van der Waals surface area contributed by atoms with Crippen molar-refractivity contribution in [2.45, 2.75) is 12.5 Å². The smallest absolute Gasteiger partial charge is 0.421 e. The molecule has 0 aliphatic heterocycles. The number of amides is 2. The average Bonchev–Trinajstić information content (AvgIpc) is 2.14. The molecule has 0 bridgehead atoms. The molecule has 0 saturated heterocycles. The normalized spacial score (nSPS) is 12.5. The Kier molecular flexibility index (Phi) is 5.34. The highest BCUT2D eigenvalue weighted by Gasteiger charge is 2.26. The molecule has 0 aliphatic carbocycles. The van der Waals surface area contributed by atoms with Crippen LogP contribution < -0.4 is 15.2 Å². The van der Waals surface area contributed by atoms with Crippen LogP contribution in [0.2, 0.25) is 0 Å². The van der Waals surface area contributed by atoms with Gasteiger partial charge < -0.3 is 15.6 Å². The van der Waals surface area contributed by atoms with E-state index in [1.165, 1.54) is 4.72 Å². The van der Waals surface area contributed by atoms with Gasteiger partial charge in [0.2, 0.25) is 5.91 Å². The first-order chi connectivity index (χ1) is 7.68. The van der Waals surface area contributed by atoms with E-state index in [1.807, 2.05) is 0 Å². The van der Waals surface area contributed by atoms with Gasteiger partial charge in [-0.05, 0) is 0 Å². The topological polar surface area (TPSA) is 165 Å². The summed E-state index contributed by atoms with van der Waals surface area (Å²) in [5, 5.41) is 8.60. The van der Waals surface area contributed by atoms with Crippen molar-refractivity contribution in [3.8, 4) is 0 Å². The summed E-state index contributed by atoms with van der Waals surface area (Å²) < 4.78 is 29.2. The maximum absolute atomic E-state index is 11.2. The second kappa shape index (κ2) is 6.00. The predicted molar refractivity (Wildman–Crippen MR) is 52.8 cm³/mol. The molecule has 17 heavy (non-hydrogen) atoms. The summed E-state index contributed by atoms with van der Waals surface area (Å²) in [6, 6.07) is -1.77. The largest absolute Gasteiger partial charge is 0.480 e. The summed E-state index contributed by atoms with van der Waals surface area (Å²) >= 11 is 0. The molecule has 0 aliphatic rings. The zero-order valence-corrected chi connectivity index (χ0v) is 9.48. The van der Waals surface area contributed by atoms with E-state index in [0.29, 0.717) is 0 Å². The van der Waals surface area contributed by atoms with Crippen molar-refractivity contribution >= 4 is 28.2 Å². The minimum atomic E-state index is -4.45. The Labute approximate surface area is 96.3 Å². The molecule has 10 nitrogen and oxygen atoms in total. The molecule has 98 valence electrons. The fourth-order valence-electron chi connectivity index (χ4n) is 0.749. The van der Waals surface area contributed by atoms with E-state index in [1.54, 1.807) is 4.72 Å². The lowest BCUT2D eigenvalue weighted by atomic mass is 10.2. The van der Waals surface area contributed by atoms with Crippen molar-refractivity contribution in [2.24, 2.45) is 5.73 Å². The third-order valence-electron chi connectivity index (χ3n) is 1.40. The van der Waals surface area contributed by atoms with Crippen LogP contribution in [-0.4, -0.2) is 44.6 Å². The molecule has 0 aromatic rings. The second-order valence-corrected chi connectivity index (χ2v) is 4.22. The molecule has 0 unspecified atom stereocenters. The fourth-order valence-corrected chi connectivity index (χ4v) is 1.67. The van der Waals surface area contributed by atoms with E-state index in [-0.39, 0.29) is 0 Å². The number of methoxy groups -OCH3 is 1. The molecule has 11 heteroatoms. The number of carboxylic acids is 1. The maximum atomic E-state index is 11.2. The number of hydrogen-bond donors (Lipinski definition) is 4. The van der Waals surface area contributed by atoms with Crippen LogP contribution in [0.5, 0.6) is 0 Å². The van der Waals surface area contributed by atoms with Crippen molar-refractivity contribution in [1.29, 1.82) is 0 Å². The Balaban J connectivity index is 4.70. The molecule has 0 aromatic heterocycles. The summed E-state index contributed by atoms with van der Waals surface area (Å²) in [6.45, 7) is 0. The first kappa shape index (κ1) is 15.1. The highest BCUT2D eigenvalue weighted by atomic mass is 32.2. The van der Waals surface area contributed by atoms with Gasteiger partial charge in [-0.25, -0.2) is 9.52 Å². The molecule has 0 rings (SSSR count). The first-order valence-electron chi connectivity index (χ1n) is 4.07. The van der Waals surface area contributed by atoms with Gasteiger partial charge in [0.1, 0.15) is 6.04 Å². The summed E-state index contributed by atoms with van der Waals surface area (Å²) in [7, 11) is -3.53. The summed E-state index contributed by atoms with van der Waals surface area (Å²) in [5.41, 5.74) is 4.73. The van der Waals surface area contributed by atoms with E-state index >= 15 is 0 Å². The van der Waals surface area contributed by atoms with Crippen LogP contribution in [0, 0.1) is 0 Å². The highest BCUT2D eigenvalue weighted by molar-refractivity contribution is 7.88. The number of nitrogens with two attached hydrogens (primary N) is 1. The molecule has 0 radical (unpaired) electrons. The Hall–Kier alpha value is -1.88. The van der Waals surface area contributed by atoms with Gasteiger partial charge in [-0.2, -0.15) is 13.1 Å². The van der Waals surface area contributed by atoms with Gasteiger partial charge in [-0.15, -0.1) is 0 Å². The number of carbonyl (C=O) groups is 3. The Morgan fingerprint density at radius 1 is 1.41 bits per heavy atom. The number of ether oxygens (including phenoxy) is 1. The molecule has 5 N–H and O–H groups in total. The predicted octanol–water partition coefficient (Wildman–Crippen LogP) is -2.49. The number of carboxylic acid groups (broad SMARTS) is 1. The van der Waals surface area contributed by atoms with Crippen LogP contribution in [0.4, 0.5) is 4.79 Å². The van der Waals surface area contributed by atoms with Crippen molar-refractivity contribution in [3.63, 3.8) is 0 Å². The minimum Gasteiger partial charge on any atom is -0.480 e. The van der Waals surface area contributed by atoms with Crippen LogP contribution in [0.15, 0.2) is 0 Å². The van der Waals surface area contributed by atoms with E-state index in [9.17, 15) is 22.8 Å². The first-order valence-corrected chi connectivity index (χ1v) is 5.55. The van der Waals surface area contributed by atoms with Crippen molar-refractivity contribution in [3.05, 3.63) is 0 Å². The Bertz CT molecular complexity index is 417. The average molecular weight is 269 g/mol. The molecule has 0 heterocycles. The summed E-state index contributed by atoms with van der Waals surface area (Å²) in [6.07, 6.45) is -2.06. The zero-order chi connectivity index (χ0) is 13.6. The quantitative estimate of drug-likeness (QED) is 0.413. The van der Waals surface area contributed by atoms with Gasteiger partial charge in [0.05, 0.1) is 13.5 Å². The monoisotopic (exact) mass is 269 g/mol. The van der Waals surface area contributed by atoms with Gasteiger partial charge in [-0.3, -0.25) is 9.59 Å². The number of nitrogens with one attached hydrogen (secondary N) is 2. The minimum absolute atomic E-state index is 0.753. The van der Waals surface area contributed by atoms with Crippen molar-refractivity contribution < 1.29 is 32.6 Å². The number of aliphatic carboxylic acids is 1.